The fourth-order valence-corrected chi connectivity index (χ4v) is 1.93. The van der Waals surface area contributed by atoms with E-state index in [1.807, 2.05) is 18.2 Å². The first-order valence-corrected chi connectivity index (χ1v) is 6.68. The summed E-state index contributed by atoms with van der Waals surface area (Å²) in [4.78, 5) is 0. The molecule has 0 aliphatic carbocycles. The number of hydrogen-bond acceptors (Lipinski definition) is 5. The number of para-hydroxylation sites is 1. The van der Waals surface area contributed by atoms with Gasteiger partial charge in [-0.15, -0.1) is 0 Å². The van der Waals surface area contributed by atoms with Gasteiger partial charge in [0.05, 0.1) is 13.3 Å². The molecule has 1 heterocycles. The summed E-state index contributed by atoms with van der Waals surface area (Å²) in [6.07, 6.45) is 3.26. The highest BCUT2D eigenvalue weighted by Crippen LogP contribution is 2.32. The van der Waals surface area contributed by atoms with Gasteiger partial charge in [-0.1, -0.05) is 24.2 Å². The third-order valence-corrected chi connectivity index (χ3v) is 3.14. The van der Waals surface area contributed by atoms with E-state index in [0.717, 1.165) is 24.2 Å². The maximum Gasteiger partial charge on any atom is 0.174 e. The van der Waals surface area contributed by atoms with Crippen molar-refractivity contribution in [2.45, 2.75) is 32.4 Å². The second-order valence-electron chi connectivity index (χ2n) is 4.59. The van der Waals surface area contributed by atoms with Gasteiger partial charge in [-0.3, -0.25) is 0 Å². The third kappa shape index (κ3) is 3.51. The number of aromatic nitrogens is 1. The molecule has 0 bridgehead atoms. The molecule has 2 rings (SSSR count). The van der Waals surface area contributed by atoms with Crippen molar-refractivity contribution in [3.8, 4) is 11.5 Å². The first kappa shape index (κ1) is 14.4. The highest BCUT2D eigenvalue weighted by atomic mass is 16.5. The molecule has 0 spiro atoms. The van der Waals surface area contributed by atoms with Crippen molar-refractivity contribution in [1.29, 1.82) is 0 Å². The Bertz CT molecular complexity index is 526. The van der Waals surface area contributed by atoms with Crippen LogP contribution in [0.2, 0.25) is 0 Å². The van der Waals surface area contributed by atoms with Gasteiger partial charge in [0.15, 0.2) is 17.3 Å². The lowest BCUT2D eigenvalue weighted by molar-refractivity contribution is 0.237. The van der Waals surface area contributed by atoms with Crippen LogP contribution in [0, 0.1) is 0 Å². The summed E-state index contributed by atoms with van der Waals surface area (Å²) in [6.45, 7) is 2.38. The number of benzene rings is 1. The molecule has 0 amide bonds. The minimum atomic E-state index is 0.106. The first-order chi connectivity index (χ1) is 9.74. The number of ether oxygens (including phenoxy) is 2. The van der Waals surface area contributed by atoms with Crippen LogP contribution in [0.25, 0.3) is 0 Å². The molecule has 20 heavy (non-hydrogen) atoms. The molecule has 0 radical (unpaired) electrons. The van der Waals surface area contributed by atoms with Crippen LogP contribution >= 0.6 is 0 Å². The van der Waals surface area contributed by atoms with Gasteiger partial charge in [-0.05, 0) is 24.5 Å². The van der Waals surface area contributed by atoms with Crippen LogP contribution in [-0.4, -0.2) is 18.3 Å². The van der Waals surface area contributed by atoms with E-state index in [1.165, 1.54) is 0 Å². The van der Waals surface area contributed by atoms with E-state index in [0.29, 0.717) is 18.1 Å². The molecule has 0 saturated heterocycles. The van der Waals surface area contributed by atoms with Crippen molar-refractivity contribution in [3.63, 3.8) is 0 Å². The molecule has 0 aliphatic heterocycles. The Morgan fingerprint density at radius 3 is 2.85 bits per heavy atom. The maximum atomic E-state index is 6.03. The Morgan fingerprint density at radius 2 is 2.20 bits per heavy atom. The zero-order valence-electron chi connectivity index (χ0n) is 11.8. The van der Waals surface area contributed by atoms with Crippen LogP contribution in [0.4, 0.5) is 0 Å². The van der Waals surface area contributed by atoms with Gasteiger partial charge in [0, 0.05) is 12.1 Å². The lowest BCUT2D eigenvalue weighted by Crippen LogP contribution is -2.21. The normalized spacial score (nSPS) is 12.2. The zero-order chi connectivity index (χ0) is 14.4. The van der Waals surface area contributed by atoms with Gasteiger partial charge in [-0.25, -0.2) is 0 Å². The monoisotopic (exact) mass is 276 g/mol. The van der Waals surface area contributed by atoms with Gasteiger partial charge in [0.25, 0.3) is 0 Å². The second-order valence-corrected chi connectivity index (χ2v) is 4.59. The summed E-state index contributed by atoms with van der Waals surface area (Å²) in [5, 5.41) is 3.65. The van der Waals surface area contributed by atoms with Gasteiger partial charge in [-0.2, -0.15) is 0 Å². The molecule has 5 heteroatoms. The summed E-state index contributed by atoms with van der Waals surface area (Å²) >= 11 is 0. The first-order valence-electron chi connectivity index (χ1n) is 6.68. The van der Waals surface area contributed by atoms with E-state index in [1.54, 1.807) is 19.4 Å². The molecule has 1 atom stereocenters. The molecule has 5 nitrogen and oxygen atoms in total. The Hall–Kier alpha value is -2.01. The van der Waals surface area contributed by atoms with Crippen molar-refractivity contribution >= 4 is 0 Å². The molecule has 2 N–H and O–H groups in total. The third-order valence-electron chi connectivity index (χ3n) is 3.14. The summed E-state index contributed by atoms with van der Waals surface area (Å²) in [5.41, 5.74) is 7.07. The molecule has 0 saturated carbocycles. The average molecular weight is 276 g/mol. The summed E-state index contributed by atoms with van der Waals surface area (Å²) in [7, 11) is 1.63. The number of nitrogens with zero attached hydrogens (tertiary/aromatic N) is 1. The molecular formula is C15H20N2O3. The standard InChI is InChI=1S/C15H20N2O3/c1-3-12(16)9-11-5-4-6-14(18-2)15(11)19-10-13-7-8-17-20-13/h4-8,12H,3,9-10,16H2,1-2H3. The van der Waals surface area contributed by atoms with Crippen LogP contribution in [-0.2, 0) is 13.0 Å². The van der Waals surface area contributed by atoms with Crippen LogP contribution in [0.1, 0.15) is 24.7 Å². The SMILES string of the molecule is CCC(N)Cc1cccc(OC)c1OCc1ccno1. The molecule has 1 unspecified atom stereocenters. The van der Waals surface area contributed by atoms with Gasteiger partial charge < -0.3 is 19.7 Å². The Morgan fingerprint density at radius 1 is 1.35 bits per heavy atom. The van der Waals surface area contributed by atoms with Crippen molar-refractivity contribution in [3.05, 3.63) is 41.8 Å². The molecule has 2 aromatic rings. The van der Waals surface area contributed by atoms with Crippen molar-refractivity contribution in [2.24, 2.45) is 5.73 Å². The summed E-state index contributed by atoms with van der Waals surface area (Å²) < 4.78 is 16.2. The lowest BCUT2D eigenvalue weighted by Gasteiger charge is -2.16. The van der Waals surface area contributed by atoms with E-state index >= 15 is 0 Å². The number of hydrogen-bond donors (Lipinski definition) is 1. The molecule has 0 fully saturated rings. The topological polar surface area (TPSA) is 70.5 Å². The molecule has 1 aromatic heterocycles. The predicted molar refractivity (Wildman–Crippen MR) is 75.8 cm³/mol. The smallest absolute Gasteiger partial charge is 0.174 e. The minimum absolute atomic E-state index is 0.106. The Balaban J connectivity index is 2.18. The molecule has 108 valence electrons. The predicted octanol–water partition coefficient (Wildman–Crippen LogP) is 2.54. The second kappa shape index (κ2) is 6.96. The minimum Gasteiger partial charge on any atom is -0.493 e. The van der Waals surface area contributed by atoms with Gasteiger partial charge in [0.2, 0.25) is 0 Å². The molecular weight excluding hydrogens is 256 g/mol. The van der Waals surface area contributed by atoms with Crippen LogP contribution in [0.5, 0.6) is 11.5 Å². The highest BCUT2D eigenvalue weighted by molar-refractivity contribution is 5.47. The molecule has 1 aromatic carbocycles. The quantitative estimate of drug-likeness (QED) is 0.841. The van der Waals surface area contributed by atoms with E-state index in [4.69, 9.17) is 19.7 Å². The summed E-state index contributed by atoms with van der Waals surface area (Å²) in [5.74, 6) is 2.09. The van der Waals surface area contributed by atoms with Crippen LogP contribution in [0.15, 0.2) is 35.0 Å². The number of rotatable bonds is 7. The van der Waals surface area contributed by atoms with E-state index in [2.05, 4.69) is 12.1 Å². The van der Waals surface area contributed by atoms with E-state index in [9.17, 15) is 0 Å². The van der Waals surface area contributed by atoms with Crippen molar-refractivity contribution < 1.29 is 14.0 Å². The number of methoxy groups -OCH3 is 1. The Labute approximate surface area is 118 Å². The largest absolute Gasteiger partial charge is 0.493 e. The molecule has 0 aliphatic rings. The van der Waals surface area contributed by atoms with Crippen LogP contribution in [0.3, 0.4) is 0 Å². The van der Waals surface area contributed by atoms with Crippen molar-refractivity contribution in [1.82, 2.24) is 5.16 Å². The maximum absolute atomic E-state index is 6.03. The zero-order valence-corrected chi connectivity index (χ0v) is 11.8. The van der Waals surface area contributed by atoms with Crippen LogP contribution < -0.4 is 15.2 Å². The number of nitrogens with two attached hydrogens (primary N) is 1. The van der Waals surface area contributed by atoms with Gasteiger partial charge >= 0.3 is 0 Å². The summed E-state index contributed by atoms with van der Waals surface area (Å²) in [6, 6.07) is 7.70. The van der Waals surface area contributed by atoms with Crippen molar-refractivity contribution in [2.75, 3.05) is 7.11 Å². The fraction of sp³-hybridized carbons (Fsp3) is 0.400. The average Bonchev–Trinajstić information content (AvgIpc) is 2.98. The van der Waals surface area contributed by atoms with E-state index in [-0.39, 0.29) is 6.04 Å². The van der Waals surface area contributed by atoms with Gasteiger partial charge in [0.1, 0.15) is 6.61 Å². The fourth-order valence-electron chi connectivity index (χ4n) is 1.93. The Kier molecular flexibility index (Phi) is 5.01. The van der Waals surface area contributed by atoms with E-state index < -0.39 is 0 Å². The highest BCUT2D eigenvalue weighted by Gasteiger charge is 2.13. The lowest BCUT2D eigenvalue weighted by atomic mass is 10.0.